The van der Waals surface area contributed by atoms with Gasteiger partial charge in [-0.25, -0.2) is 0 Å². The molecule has 2 aliphatic heterocycles. The Morgan fingerprint density at radius 2 is 1.80 bits per heavy atom. The average molecular weight is 425 g/mol. The van der Waals surface area contributed by atoms with Crippen molar-refractivity contribution in [1.82, 2.24) is 0 Å². The first-order valence-corrected chi connectivity index (χ1v) is 10.7. The molecular formula is C23H36O7. The molecule has 0 aromatic heterocycles. The van der Waals surface area contributed by atoms with Crippen molar-refractivity contribution in [2.24, 2.45) is 0 Å². The fourth-order valence-electron chi connectivity index (χ4n) is 3.91. The second-order valence-corrected chi connectivity index (χ2v) is 9.05. The molecular weight excluding hydrogens is 388 g/mol. The zero-order chi connectivity index (χ0) is 21.8. The molecule has 0 unspecified atom stereocenters. The molecule has 1 aromatic carbocycles. The van der Waals surface area contributed by atoms with Crippen LogP contribution in [0, 0.1) is 0 Å². The van der Waals surface area contributed by atoms with Crippen molar-refractivity contribution in [2.45, 2.75) is 76.3 Å². The molecule has 3 rings (SSSR count). The number of ether oxygens (including phenoxy) is 6. The van der Waals surface area contributed by atoms with Gasteiger partial charge in [-0.2, -0.15) is 0 Å². The van der Waals surface area contributed by atoms with E-state index in [2.05, 4.69) is 0 Å². The van der Waals surface area contributed by atoms with Crippen LogP contribution in [0.2, 0.25) is 0 Å². The maximum absolute atomic E-state index is 10.9. The molecule has 0 spiro atoms. The number of rotatable bonds is 10. The van der Waals surface area contributed by atoms with Crippen molar-refractivity contribution in [3.8, 4) is 5.75 Å². The fourth-order valence-corrected chi connectivity index (χ4v) is 3.91. The van der Waals surface area contributed by atoms with E-state index < -0.39 is 17.2 Å². The van der Waals surface area contributed by atoms with E-state index in [9.17, 15) is 5.11 Å². The van der Waals surface area contributed by atoms with Crippen molar-refractivity contribution in [3.63, 3.8) is 0 Å². The van der Waals surface area contributed by atoms with Crippen LogP contribution in [-0.2, 0) is 23.7 Å². The van der Waals surface area contributed by atoms with Crippen LogP contribution in [0.4, 0.5) is 0 Å². The van der Waals surface area contributed by atoms with Crippen molar-refractivity contribution >= 4 is 0 Å². The maximum Gasteiger partial charge on any atom is 0.165 e. The average Bonchev–Trinajstić information content (AvgIpc) is 3.27. The van der Waals surface area contributed by atoms with Gasteiger partial charge in [0.2, 0.25) is 0 Å². The topological polar surface area (TPSA) is 75.6 Å². The molecule has 7 nitrogen and oxygen atoms in total. The zero-order valence-electron chi connectivity index (χ0n) is 18.8. The van der Waals surface area contributed by atoms with Crippen molar-refractivity contribution in [2.75, 3.05) is 33.5 Å². The van der Waals surface area contributed by atoms with Crippen molar-refractivity contribution < 1.29 is 33.5 Å². The minimum atomic E-state index is -0.978. The van der Waals surface area contributed by atoms with Gasteiger partial charge >= 0.3 is 0 Å². The molecule has 0 bridgehead atoms. The number of benzene rings is 1. The molecule has 2 heterocycles. The molecule has 2 saturated heterocycles. The van der Waals surface area contributed by atoms with Crippen LogP contribution < -0.4 is 4.74 Å². The monoisotopic (exact) mass is 424 g/mol. The third kappa shape index (κ3) is 6.39. The lowest BCUT2D eigenvalue weighted by atomic mass is 9.97. The van der Waals surface area contributed by atoms with Gasteiger partial charge < -0.3 is 33.5 Å². The second-order valence-electron chi connectivity index (χ2n) is 9.05. The van der Waals surface area contributed by atoms with Gasteiger partial charge in [-0.3, -0.25) is 0 Å². The standard InChI is InChI=1S/C23H36O7/c1-21(2)29-15-19(30-21)20(17-7-9-18(25-5)10-8-17)26-16-22(3,24)11-6-12-23(4)27-13-14-28-23/h7-10,19-20,24H,6,11-16H2,1-5H3/t19-,20-,22-/m1/s1. The normalized spacial score (nSPS) is 25.7. The van der Waals surface area contributed by atoms with E-state index in [1.807, 2.05) is 45.0 Å². The summed E-state index contributed by atoms with van der Waals surface area (Å²) in [6.07, 6.45) is 1.47. The van der Waals surface area contributed by atoms with E-state index in [1.165, 1.54) is 0 Å². The molecule has 1 aromatic rings. The highest BCUT2D eigenvalue weighted by Gasteiger charge is 2.39. The Morgan fingerprint density at radius 3 is 2.37 bits per heavy atom. The van der Waals surface area contributed by atoms with Gasteiger partial charge in [0.05, 0.1) is 39.1 Å². The fraction of sp³-hybridized carbons (Fsp3) is 0.739. The number of methoxy groups -OCH3 is 1. The van der Waals surface area contributed by atoms with Crippen LogP contribution in [-0.4, -0.2) is 61.9 Å². The summed E-state index contributed by atoms with van der Waals surface area (Å²) < 4.78 is 34.6. The lowest BCUT2D eigenvalue weighted by Crippen LogP contribution is -2.35. The Labute approximate surface area is 179 Å². The van der Waals surface area contributed by atoms with Gasteiger partial charge in [0.15, 0.2) is 11.6 Å². The molecule has 170 valence electrons. The molecule has 0 aliphatic carbocycles. The van der Waals surface area contributed by atoms with Gasteiger partial charge in [0.1, 0.15) is 18.0 Å². The van der Waals surface area contributed by atoms with Gasteiger partial charge in [0, 0.05) is 6.42 Å². The number of hydrogen-bond donors (Lipinski definition) is 1. The zero-order valence-corrected chi connectivity index (χ0v) is 18.8. The van der Waals surface area contributed by atoms with Crippen LogP contribution in [0.15, 0.2) is 24.3 Å². The molecule has 1 N–H and O–H groups in total. The Balaban J connectivity index is 1.60. The molecule has 0 saturated carbocycles. The second kappa shape index (κ2) is 9.51. The first-order valence-electron chi connectivity index (χ1n) is 10.7. The van der Waals surface area contributed by atoms with Crippen molar-refractivity contribution in [3.05, 3.63) is 29.8 Å². The highest BCUT2D eigenvalue weighted by atomic mass is 16.8. The molecule has 2 fully saturated rings. The Bertz CT molecular complexity index is 665. The highest BCUT2D eigenvalue weighted by Crippen LogP contribution is 2.35. The molecule has 2 aliphatic rings. The quantitative estimate of drug-likeness (QED) is 0.615. The maximum atomic E-state index is 10.9. The van der Waals surface area contributed by atoms with Gasteiger partial charge in [0.25, 0.3) is 0 Å². The van der Waals surface area contributed by atoms with Crippen LogP contribution in [0.5, 0.6) is 5.75 Å². The Hall–Kier alpha value is -1.22. The van der Waals surface area contributed by atoms with Crippen molar-refractivity contribution in [1.29, 1.82) is 0 Å². The first-order chi connectivity index (χ1) is 14.1. The van der Waals surface area contributed by atoms with Gasteiger partial charge in [-0.05, 0) is 58.2 Å². The van der Waals surface area contributed by atoms with Crippen LogP contribution in [0.1, 0.15) is 58.6 Å². The SMILES string of the molecule is COc1ccc([C@@H](OC[C@](C)(O)CCCC2(C)OCCO2)[C@H]2COC(C)(C)O2)cc1. The molecule has 0 amide bonds. The molecule has 3 atom stereocenters. The largest absolute Gasteiger partial charge is 0.497 e. The van der Waals surface area contributed by atoms with Gasteiger partial charge in [-0.1, -0.05) is 12.1 Å². The Morgan fingerprint density at radius 1 is 1.13 bits per heavy atom. The third-order valence-electron chi connectivity index (χ3n) is 5.63. The lowest BCUT2D eigenvalue weighted by Gasteiger charge is -2.30. The lowest BCUT2D eigenvalue weighted by molar-refractivity contribution is -0.166. The number of aliphatic hydroxyl groups is 1. The predicted octanol–water partition coefficient (Wildman–Crippen LogP) is 3.59. The summed E-state index contributed by atoms with van der Waals surface area (Å²) in [6.45, 7) is 9.39. The summed E-state index contributed by atoms with van der Waals surface area (Å²) in [7, 11) is 1.64. The number of hydrogen-bond acceptors (Lipinski definition) is 7. The molecule has 30 heavy (non-hydrogen) atoms. The van der Waals surface area contributed by atoms with E-state index in [-0.39, 0.29) is 18.8 Å². The summed E-state index contributed by atoms with van der Waals surface area (Å²) in [6, 6.07) is 7.71. The summed E-state index contributed by atoms with van der Waals surface area (Å²) in [5.41, 5.74) is -0.0209. The van der Waals surface area contributed by atoms with E-state index in [0.717, 1.165) is 24.2 Å². The summed E-state index contributed by atoms with van der Waals surface area (Å²) in [5, 5.41) is 10.9. The predicted molar refractivity (Wildman–Crippen MR) is 111 cm³/mol. The molecule has 7 heteroatoms. The molecule has 0 radical (unpaired) electrons. The van der Waals surface area contributed by atoms with Crippen LogP contribution in [0.25, 0.3) is 0 Å². The van der Waals surface area contributed by atoms with Crippen LogP contribution >= 0.6 is 0 Å². The smallest absolute Gasteiger partial charge is 0.165 e. The van der Waals surface area contributed by atoms with Gasteiger partial charge in [-0.15, -0.1) is 0 Å². The van der Waals surface area contributed by atoms with E-state index in [1.54, 1.807) is 14.0 Å². The van der Waals surface area contributed by atoms with Crippen LogP contribution in [0.3, 0.4) is 0 Å². The minimum absolute atomic E-state index is 0.183. The first kappa shape index (κ1) is 23.4. The highest BCUT2D eigenvalue weighted by molar-refractivity contribution is 5.29. The van der Waals surface area contributed by atoms with E-state index >= 15 is 0 Å². The van der Waals surface area contributed by atoms with E-state index in [4.69, 9.17) is 28.4 Å². The third-order valence-corrected chi connectivity index (χ3v) is 5.63. The van der Waals surface area contributed by atoms with E-state index in [0.29, 0.717) is 26.2 Å². The summed E-state index contributed by atoms with van der Waals surface area (Å²) >= 11 is 0. The summed E-state index contributed by atoms with van der Waals surface area (Å²) in [4.78, 5) is 0. The minimum Gasteiger partial charge on any atom is -0.497 e. The summed E-state index contributed by atoms with van der Waals surface area (Å²) in [5.74, 6) is -0.417. The Kier molecular flexibility index (Phi) is 7.43.